The van der Waals surface area contributed by atoms with E-state index in [2.05, 4.69) is 15.9 Å². The Balaban J connectivity index is 2.28. The summed E-state index contributed by atoms with van der Waals surface area (Å²) in [6.07, 6.45) is 2.30. The molecule has 0 unspecified atom stereocenters. The highest BCUT2D eigenvalue weighted by Gasteiger charge is 2.37. The standard InChI is InChI=1S/C14H13BrF2O2/c15-8-5-6-11(12(16)7-8)13(18)9-3-1-2-4-10(9)14(17)19/h5-7,9-10H,1-4H2/t9-,10-/m0/s1. The second-order valence-corrected chi connectivity index (χ2v) is 5.71. The van der Waals surface area contributed by atoms with Crippen LogP contribution >= 0.6 is 15.9 Å². The Kier molecular flexibility index (Phi) is 4.45. The third kappa shape index (κ3) is 3.08. The van der Waals surface area contributed by atoms with E-state index < -0.39 is 29.5 Å². The quantitative estimate of drug-likeness (QED) is 0.618. The fourth-order valence-corrected chi connectivity index (χ4v) is 2.94. The summed E-state index contributed by atoms with van der Waals surface area (Å²) in [7, 11) is 0. The zero-order valence-corrected chi connectivity index (χ0v) is 11.8. The molecule has 0 radical (unpaired) electrons. The molecule has 102 valence electrons. The maximum Gasteiger partial charge on any atom is 0.305 e. The molecule has 1 aromatic carbocycles. The highest BCUT2D eigenvalue weighted by atomic mass is 79.9. The molecule has 1 fully saturated rings. The van der Waals surface area contributed by atoms with Crippen molar-refractivity contribution in [2.24, 2.45) is 11.8 Å². The monoisotopic (exact) mass is 330 g/mol. The molecular formula is C14H13BrF2O2. The molecule has 1 aromatic rings. The average Bonchev–Trinajstić information content (AvgIpc) is 2.38. The predicted octanol–water partition coefficient (Wildman–Crippen LogP) is 4.07. The number of carbonyl (C=O) groups is 2. The first-order valence-electron chi connectivity index (χ1n) is 6.19. The van der Waals surface area contributed by atoms with Crippen LogP contribution in [0.25, 0.3) is 0 Å². The first kappa shape index (κ1) is 14.3. The van der Waals surface area contributed by atoms with Crippen LogP contribution in [0.3, 0.4) is 0 Å². The summed E-state index contributed by atoms with van der Waals surface area (Å²) in [5.41, 5.74) is -0.0682. The number of halogens is 3. The van der Waals surface area contributed by atoms with Gasteiger partial charge >= 0.3 is 6.04 Å². The van der Waals surface area contributed by atoms with Crippen molar-refractivity contribution in [3.05, 3.63) is 34.1 Å². The molecule has 0 saturated heterocycles. The number of ketones is 1. The van der Waals surface area contributed by atoms with Crippen LogP contribution in [-0.4, -0.2) is 11.8 Å². The van der Waals surface area contributed by atoms with Gasteiger partial charge in [-0.1, -0.05) is 28.8 Å². The molecule has 2 nitrogen and oxygen atoms in total. The fraction of sp³-hybridized carbons (Fsp3) is 0.429. The first-order valence-corrected chi connectivity index (χ1v) is 6.98. The van der Waals surface area contributed by atoms with Gasteiger partial charge in [0.25, 0.3) is 0 Å². The number of hydrogen-bond donors (Lipinski definition) is 0. The van der Waals surface area contributed by atoms with Crippen LogP contribution in [0.5, 0.6) is 0 Å². The van der Waals surface area contributed by atoms with E-state index in [0.29, 0.717) is 17.3 Å². The van der Waals surface area contributed by atoms with Crippen LogP contribution in [0.1, 0.15) is 36.0 Å². The summed E-state index contributed by atoms with van der Waals surface area (Å²) in [6, 6.07) is 2.67. The molecule has 0 N–H and O–H groups in total. The smallest absolute Gasteiger partial charge is 0.294 e. The Bertz CT molecular complexity index is 516. The van der Waals surface area contributed by atoms with Gasteiger partial charge in [0.2, 0.25) is 0 Å². The summed E-state index contributed by atoms with van der Waals surface area (Å²) in [5.74, 6) is -2.76. The Morgan fingerprint density at radius 1 is 1.16 bits per heavy atom. The lowest BCUT2D eigenvalue weighted by molar-refractivity contribution is -0.135. The average molecular weight is 331 g/mol. The van der Waals surface area contributed by atoms with Gasteiger partial charge in [0.15, 0.2) is 5.78 Å². The van der Waals surface area contributed by atoms with Crippen molar-refractivity contribution < 1.29 is 18.4 Å². The first-order chi connectivity index (χ1) is 9.00. The van der Waals surface area contributed by atoms with Gasteiger partial charge in [-0.15, -0.1) is 0 Å². The summed E-state index contributed by atoms with van der Waals surface area (Å²) in [6.45, 7) is 0. The molecule has 19 heavy (non-hydrogen) atoms. The van der Waals surface area contributed by atoms with Crippen LogP contribution in [0.15, 0.2) is 22.7 Å². The van der Waals surface area contributed by atoms with Crippen LogP contribution in [0.4, 0.5) is 8.78 Å². The van der Waals surface area contributed by atoms with Crippen molar-refractivity contribution in [2.75, 3.05) is 0 Å². The second-order valence-electron chi connectivity index (χ2n) is 4.79. The molecule has 0 aliphatic heterocycles. The zero-order chi connectivity index (χ0) is 14.0. The molecule has 2 atom stereocenters. The Labute approximate surface area is 118 Å². The molecule has 0 amide bonds. The Morgan fingerprint density at radius 3 is 2.37 bits per heavy atom. The summed E-state index contributed by atoms with van der Waals surface area (Å²) in [4.78, 5) is 23.2. The molecule has 1 saturated carbocycles. The van der Waals surface area contributed by atoms with Crippen molar-refractivity contribution >= 4 is 27.8 Å². The Morgan fingerprint density at radius 2 is 1.79 bits per heavy atom. The maximum absolute atomic E-state index is 13.8. The van der Waals surface area contributed by atoms with E-state index >= 15 is 0 Å². The van der Waals surface area contributed by atoms with Gasteiger partial charge < -0.3 is 0 Å². The van der Waals surface area contributed by atoms with Crippen molar-refractivity contribution in [1.82, 2.24) is 0 Å². The topological polar surface area (TPSA) is 34.1 Å². The van der Waals surface area contributed by atoms with Crippen molar-refractivity contribution in [2.45, 2.75) is 25.7 Å². The molecule has 0 spiro atoms. The SMILES string of the molecule is O=C(F)[C@H]1CCCC[C@@H]1C(=O)c1ccc(Br)cc1F. The van der Waals surface area contributed by atoms with E-state index in [1.807, 2.05) is 0 Å². The molecule has 2 rings (SSSR count). The molecule has 5 heteroatoms. The molecular weight excluding hydrogens is 318 g/mol. The highest BCUT2D eigenvalue weighted by Crippen LogP contribution is 2.34. The zero-order valence-electron chi connectivity index (χ0n) is 10.2. The summed E-state index contributed by atoms with van der Waals surface area (Å²) < 4.78 is 27.3. The van der Waals surface area contributed by atoms with E-state index in [0.717, 1.165) is 12.8 Å². The van der Waals surface area contributed by atoms with E-state index in [4.69, 9.17) is 0 Å². The largest absolute Gasteiger partial charge is 0.305 e. The summed E-state index contributed by atoms with van der Waals surface area (Å²) in [5, 5.41) is 0. The van der Waals surface area contributed by atoms with Crippen molar-refractivity contribution in [1.29, 1.82) is 0 Å². The number of carbonyl (C=O) groups excluding carboxylic acids is 2. The van der Waals surface area contributed by atoms with Gasteiger partial charge in [-0.25, -0.2) is 4.39 Å². The van der Waals surface area contributed by atoms with Crippen molar-refractivity contribution in [3.8, 4) is 0 Å². The van der Waals surface area contributed by atoms with E-state index in [-0.39, 0.29) is 5.56 Å². The molecule has 1 aliphatic rings. The van der Waals surface area contributed by atoms with Crippen LogP contribution in [0.2, 0.25) is 0 Å². The van der Waals surface area contributed by atoms with Crippen LogP contribution in [-0.2, 0) is 4.79 Å². The number of Topliss-reactive ketones (excluding diaryl/α,β-unsaturated/α-hetero) is 1. The predicted molar refractivity (Wildman–Crippen MR) is 70.0 cm³/mol. The van der Waals surface area contributed by atoms with E-state index in [9.17, 15) is 18.4 Å². The minimum atomic E-state index is -1.46. The molecule has 0 aromatic heterocycles. The number of hydrogen-bond acceptors (Lipinski definition) is 2. The molecule has 1 aliphatic carbocycles. The van der Waals surface area contributed by atoms with Gasteiger partial charge in [-0.3, -0.25) is 9.59 Å². The third-order valence-corrected chi connectivity index (χ3v) is 4.08. The van der Waals surface area contributed by atoms with Gasteiger partial charge in [-0.05, 0) is 31.0 Å². The third-order valence-electron chi connectivity index (χ3n) is 3.59. The van der Waals surface area contributed by atoms with E-state index in [1.165, 1.54) is 12.1 Å². The van der Waals surface area contributed by atoms with Gasteiger partial charge in [0.05, 0.1) is 11.5 Å². The van der Waals surface area contributed by atoms with Gasteiger partial charge in [0, 0.05) is 10.4 Å². The summed E-state index contributed by atoms with van der Waals surface area (Å²) >= 11 is 3.11. The fourth-order valence-electron chi connectivity index (χ4n) is 2.61. The maximum atomic E-state index is 13.8. The lowest BCUT2D eigenvalue weighted by Crippen LogP contribution is -2.31. The lowest BCUT2D eigenvalue weighted by atomic mass is 9.75. The van der Waals surface area contributed by atoms with Gasteiger partial charge in [0.1, 0.15) is 5.82 Å². The highest BCUT2D eigenvalue weighted by molar-refractivity contribution is 9.10. The Hall–Kier alpha value is -1.10. The molecule has 0 heterocycles. The minimum absolute atomic E-state index is 0.0682. The van der Waals surface area contributed by atoms with E-state index in [1.54, 1.807) is 6.07 Å². The van der Waals surface area contributed by atoms with Crippen LogP contribution < -0.4 is 0 Å². The number of rotatable bonds is 3. The lowest BCUT2D eigenvalue weighted by Gasteiger charge is -2.27. The van der Waals surface area contributed by atoms with Crippen LogP contribution in [0, 0.1) is 17.7 Å². The number of benzene rings is 1. The second kappa shape index (κ2) is 5.90. The van der Waals surface area contributed by atoms with Crippen molar-refractivity contribution in [3.63, 3.8) is 0 Å². The molecule has 0 bridgehead atoms. The minimum Gasteiger partial charge on any atom is -0.294 e. The normalized spacial score (nSPS) is 23.1. The van der Waals surface area contributed by atoms with Gasteiger partial charge in [-0.2, -0.15) is 4.39 Å².